The Kier molecular flexibility index (Phi) is 4.54. The molecule has 1 heterocycles. The van der Waals surface area contributed by atoms with Gasteiger partial charge in [-0.2, -0.15) is 10.4 Å². The number of aryl methyl sites for hydroxylation is 4. The molecule has 0 aliphatic rings. The fourth-order valence-corrected chi connectivity index (χ4v) is 2.71. The number of aromatic nitrogens is 2. The van der Waals surface area contributed by atoms with Gasteiger partial charge in [-0.1, -0.05) is 18.5 Å². The standard InChI is InChI=1S/C16H18ClN3O/c1-5-13-15(17)14(20(4)19-13)9-21-16-10(2)6-12(8-18)7-11(16)3/h6-7H,5,9H2,1-4H3. The summed E-state index contributed by atoms with van der Waals surface area (Å²) < 4.78 is 7.68. The molecule has 1 aromatic heterocycles. The van der Waals surface area contributed by atoms with Crippen LogP contribution in [0.4, 0.5) is 0 Å². The smallest absolute Gasteiger partial charge is 0.131 e. The van der Waals surface area contributed by atoms with Gasteiger partial charge < -0.3 is 4.74 Å². The van der Waals surface area contributed by atoms with Gasteiger partial charge in [-0.15, -0.1) is 0 Å². The number of rotatable bonds is 4. The van der Waals surface area contributed by atoms with E-state index in [1.807, 2.05) is 40.0 Å². The van der Waals surface area contributed by atoms with Crippen LogP contribution in [-0.2, 0) is 20.1 Å². The summed E-state index contributed by atoms with van der Waals surface area (Å²) in [5, 5.41) is 14.0. The molecule has 0 aliphatic heterocycles. The molecule has 0 spiro atoms. The summed E-state index contributed by atoms with van der Waals surface area (Å²) in [5.41, 5.74) is 4.27. The van der Waals surface area contributed by atoms with Crippen LogP contribution in [0.3, 0.4) is 0 Å². The minimum Gasteiger partial charge on any atom is -0.487 e. The van der Waals surface area contributed by atoms with E-state index in [0.717, 1.165) is 34.7 Å². The highest BCUT2D eigenvalue weighted by molar-refractivity contribution is 6.31. The number of halogens is 1. The van der Waals surface area contributed by atoms with Gasteiger partial charge in [0.1, 0.15) is 12.4 Å². The second kappa shape index (κ2) is 6.19. The van der Waals surface area contributed by atoms with Crippen LogP contribution < -0.4 is 4.74 Å². The topological polar surface area (TPSA) is 50.8 Å². The molecule has 0 N–H and O–H groups in total. The number of ether oxygens (including phenoxy) is 1. The fourth-order valence-electron chi connectivity index (χ4n) is 2.36. The van der Waals surface area contributed by atoms with Crippen molar-refractivity contribution in [3.05, 3.63) is 45.2 Å². The summed E-state index contributed by atoms with van der Waals surface area (Å²) in [6.07, 6.45) is 0.793. The highest BCUT2D eigenvalue weighted by Crippen LogP contribution is 2.27. The van der Waals surface area contributed by atoms with Crippen molar-refractivity contribution in [1.82, 2.24) is 9.78 Å². The maximum absolute atomic E-state index is 8.97. The predicted molar refractivity (Wildman–Crippen MR) is 82.6 cm³/mol. The zero-order valence-corrected chi connectivity index (χ0v) is 13.5. The third-order valence-corrected chi connectivity index (χ3v) is 3.88. The highest BCUT2D eigenvalue weighted by atomic mass is 35.5. The normalized spacial score (nSPS) is 10.5. The van der Waals surface area contributed by atoms with E-state index < -0.39 is 0 Å². The first kappa shape index (κ1) is 15.4. The van der Waals surface area contributed by atoms with Gasteiger partial charge in [0.2, 0.25) is 0 Å². The molecule has 5 heteroatoms. The third-order valence-electron chi connectivity index (χ3n) is 3.45. The van der Waals surface area contributed by atoms with Gasteiger partial charge in [-0.05, 0) is 43.5 Å². The average Bonchev–Trinajstić information content (AvgIpc) is 2.72. The summed E-state index contributed by atoms with van der Waals surface area (Å²) in [5.74, 6) is 0.796. The van der Waals surface area contributed by atoms with Gasteiger partial charge in [0.25, 0.3) is 0 Å². The Bertz CT molecular complexity index is 690. The lowest BCUT2D eigenvalue weighted by atomic mass is 10.1. The van der Waals surface area contributed by atoms with E-state index in [-0.39, 0.29) is 0 Å². The van der Waals surface area contributed by atoms with Crippen molar-refractivity contribution in [2.75, 3.05) is 0 Å². The zero-order chi connectivity index (χ0) is 15.6. The number of hydrogen-bond donors (Lipinski definition) is 0. The van der Waals surface area contributed by atoms with Gasteiger partial charge in [0.15, 0.2) is 0 Å². The van der Waals surface area contributed by atoms with Crippen molar-refractivity contribution in [2.24, 2.45) is 7.05 Å². The number of nitrogens with zero attached hydrogens (tertiary/aromatic N) is 3. The number of nitriles is 1. The SMILES string of the molecule is CCc1nn(C)c(COc2c(C)cc(C#N)cc2C)c1Cl. The van der Waals surface area contributed by atoms with Gasteiger partial charge in [0, 0.05) is 7.05 Å². The molecule has 0 fully saturated rings. The van der Waals surface area contributed by atoms with Gasteiger partial charge in [0.05, 0.1) is 28.0 Å². The molecule has 0 saturated carbocycles. The summed E-state index contributed by atoms with van der Waals surface area (Å²) in [6.45, 7) is 6.25. The van der Waals surface area contributed by atoms with E-state index in [9.17, 15) is 0 Å². The van der Waals surface area contributed by atoms with Crippen LogP contribution in [0.25, 0.3) is 0 Å². The van der Waals surface area contributed by atoms with Crippen molar-refractivity contribution in [3.8, 4) is 11.8 Å². The molecule has 0 radical (unpaired) electrons. The molecule has 0 saturated heterocycles. The second-order valence-corrected chi connectivity index (χ2v) is 5.40. The van der Waals surface area contributed by atoms with Crippen LogP contribution >= 0.6 is 11.6 Å². The van der Waals surface area contributed by atoms with Crippen LogP contribution in [-0.4, -0.2) is 9.78 Å². The average molecular weight is 304 g/mol. The molecule has 21 heavy (non-hydrogen) atoms. The lowest BCUT2D eigenvalue weighted by Gasteiger charge is -2.13. The molecule has 0 amide bonds. The Balaban J connectivity index is 2.25. The molecule has 2 aromatic rings. The Labute approximate surface area is 129 Å². The molecule has 2 rings (SSSR count). The van der Waals surface area contributed by atoms with Crippen LogP contribution in [0.5, 0.6) is 5.75 Å². The Morgan fingerprint density at radius 3 is 2.43 bits per heavy atom. The summed E-state index contributed by atoms with van der Waals surface area (Å²) in [7, 11) is 1.86. The minimum atomic E-state index is 0.357. The van der Waals surface area contributed by atoms with Crippen molar-refractivity contribution in [3.63, 3.8) is 0 Å². The van der Waals surface area contributed by atoms with Crippen molar-refractivity contribution in [2.45, 2.75) is 33.8 Å². The van der Waals surface area contributed by atoms with Crippen molar-refractivity contribution < 1.29 is 4.74 Å². The molecule has 110 valence electrons. The zero-order valence-electron chi connectivity index (χ0n) is 12.7. The van der Waals surface area contributed by atoms with Crippen LogP contribution in [0.2, 0.25) is 5.02 Å². The van der Waals surface area contributed by atoms with Crippen LogP contribution in [0.1, 0.15) is 35.0 Å². The van der Waals surface area contributed by atoms with E-state index in [1.165, 1.54) is 0 Å². The molecular formula is C16H18ClN3O. The first-order valence-electron chi connectivity index (χ1n) is 6.82. The van der Waals surface area contributed by atoms with Crippen molar-refractivity contribution in [1.29, 1.82) is 5.26 Å². The largest absolute Gasteiger partial charge is 0.487 e. The van der Waals surface area contributed by atoms with Crippen molar-refractivity contribution >= 4 is 11.6 Å². The Morgan fingerprint density at radius 2 is 1.95 bits per heavy atom. The predicted octanol–water partition coefficient (Wildman–Crippen LogP) is 3.70. The van der Waals surface area contributed by atoms with Gasteiger partial charge in [-0.25, -0.2) is 0 Å². The van der Waals surface area contributed by atoms with Crippen LogP contribution in [0, 0.1) is 25.2 Å². The Morgan fingerprint density at radius 1 is 1.33 bits per heavy atom. The maximum atomic E-state index is 8.97. The first-order chi connectivity index (χ1) is 9.97. The lowest BCUT2D eigenvalue weighted by molar-refractivity contribution is 0.291. The monoisotopic (exact) mass is 303 g/mol. The molecule has 0 aliphatic carbocycles. The summed E-state index contributed by atoms with van der Waals surface area (Å²) in [6, 6.07) is 5.80. The molecule has 0 unspecified atom stereocenters. The molecular weight excluding hydrogens is 286 g/mol. The molecule has 1 aromatic carbocycles. The molecule has 0 bridgehead atoms. The van der Waals surface area contributed by atoms with E-state index >= 15 is 0 Å². The highest BCUT2D eigenvalue weighted by Gasteiger charge is 2.14. The summed E-state index contributed by atoms with van der Waals surface area (Å²) in [4.78, 5) is 0. The van der Waals surface area contributed by atoms with E-state index in [4.69, 9.17) is 21.6 Å². The lowest BCUT2D eigenvalue weighted by Crippen LogP contribution is -2.05. The van der Waals surface area contributed by atoms with E-state index in [1.54, 1.807) is 4.68 Å². The quantitative estimate of drug-likeness (QED) is 0.865. The fraction of sp³-hybridized carbons (Fsp3) is 0.375. The second-order valence-electron chi connectivity index (χ2n) is 5.02. The van der Waals surface area contributed by atoms with Gasteiger partial charge in [-0.3, -0.25) is 4.68 Å². The number of benzene rings is 1. The third kappa shape index (κ3) is 3.03. The molecule has 4 nitrogen and oxygen atoms in total. The van der Waals surface area contributed by atoms with Gasteiger partial charge >= 0.3 is 0 Å². The van der Waals surface area contributed by atoms with E-state index in [2.05, 4.69) is 11.2 Å². The first-order valence-corrected chi connectivity index (χ1v) is 7.20. The van der Waals surface area contributed by atoms with Crippen LogP contribution in [0.15, 0.2) is 12.1 Å². The minimum absolute atomic E-state index is 0.357. The summed E-state index contributed by atoms with van der Waals surface area (Å²) >= 11 is 6.32. The Hall–Kier alpha value is -1.99. The maximum Gasteiger partial charge on any atom is 0.131 e. The molecule has 0 atom stereocenters. The number of hydrogen-bond acceptors (Lipinski definition) is 3. The van der Waals surface area contributed by atoms with E-state index in [0.29, 0.717) is 17.2 Å².